The fourth-order valence-electron chi connectivity index (χ4n) is 3.68. The van der Waals surface area contributed by atoms with Crippen LogP contribution in [0, 0.1) is 4.91 Å². The van der Waals surface area contributed by atoms with E-state index in [9.17, 15) is 35.2 Å². The highest BCUT2D eigenvalue weighted by Crippen LogP contribution is 2.30. The van der Waals surface area contributed by atoms with E-state index in [0.717, 1.165) is 25.7 Å². The van der Waals surface area contributed by atoms with Gasteiger partial charge in [-0.2, -0.15) is 4.91 Å². The van der Waals surface area contributed by atoms with Gasteiger partial charge in [0.15, 0.2) is 18.9 Å². The summed E-state index contributed by atoms with van der Waals surface area (Å²) >= 11 is 0. The van der Waals surface area contributed by atoms with E-state index in [1.807, 2.05) is 19.9 Å². The lowest BCUT2D eigenvalue weighted by Gasteiger charge is -2.44. The van der Waals surface area contributed by atoms with Gasteiger partial charge in [-0.3, -0.25) is 0 Å². The SMILES string of the molecule is C=CCCCCCCOC1OC(C=O)C(OC2OC(CO)C(N=O)C(O)C2O)C(O)C1O.CC. The molecule has 0 radical (unpaired) electrons. The van der Waals surface area contributed by atoms with Gasteiger partial charge >= 0.3 is 0 Å². The molecule has 2 heterocycles. The van der Waals surface area contributed by atoms with Crippen molar-refractivity contribution in [3.05, 3.63) is 17.6 Å². The number of rotatable bonds is 13. The van der Waals surface area contributed by atoms with Crippen molar-refractivity contribution >= 4 is 6.29 Å². The fourth-order valence-corrected chi connectivity index (χ4v) is 3.68. The van der Waals surface area contributed by atoms with Crippen LogP contribution in [-0.4, -0.2) is 106 Å². The van der Waals surface area contributed by atoms with Crippen molar-refractivity contribution in [1.82, 2.24) is 0 Å². The van der Waals surface area contributed by atoms with E-state index < -0.39 is 68.0 Å². The van der Waals surface area contributed by atoms with Crippen LogP contribution in [0.1, 0.15) is 46.0 Å². The van der Waals surface area contributed by atoms with E-state index in [2.05, 4.69) is 11.8 Å². The van der Waals surface area contributed by atoms with Crippen LogP contribution in [0.15, 0.2) is 17.8 Å². The predicted molar refractivity (Wildman–Crippen MR) is 120 cm³/mol. The molecule has 0 aromatic carbocycles. The first-order chi connectivity index (χ1) is 16.4. The highest BCUT2D eigenvalue weighted by molar-refractivity contribution is 5.57. The van der Waals surface area contributed by atoms with Crippen molar-refractivity contribution in [1.29, 1.82) is 0 Å². The Morgan fingerprint density at radius 3 is 2.18 bits per heavy atom. The smallest absolute Gasteiger partial charge is 0.187 e. The molecule has 34 heavy (non-hydrogen) atoms. The zero-order chi connectivity index (χ0) is 25.7. The Morgan fingerprint density at radius 1 is 0.941 bits per heavy atom. The normalized spacial score (nSPS) is 37.9. The summed E-state index contributed by atoms with van der Waals surface area (Å²) in [4.78, 5) is 22.4. The van der Waals surface area contributed by atoms with Crippen LogP contribution in [0.4, 0.5) is 0 Å². The molecule has 2 aliphatic heterocycles. The summed E-state index contributed by atoms with van der Waals surface area (Å²) in [6, 6.07) is -1.44. The summed E-state index contributed by atoms with van der Waals surface area (Å²) in [5, 5.41) is 53.1. The highest BCUT2D eigenvalue weighted by atomic mass is 16.7. The fraction of sp³-hybridized carbons (Fsp3) is 0.864. The van der Waals surface area contributed by atoms with Crippen LogP contribution < -0.4 is 0 Å². The van der Waals surface area contributed by atoms with Crippen molar-refractivity contribution in [3.8, 4) is 0 Å². The van der Waals surface area contributed by atoms with Gasteiger partial charge in [0, 0.05) is 6.61 Å². The van der Waals surface area contributed by atoms with E-state index in [-0.39, 0.29) is 6.61 Å². The monoisotopic (exact) mass is 493 g/mol. The summed E-state index contributed by atoms with van der Waals surface area (Å²) in [6.45, 7) is 7.20. The number of allylic oxidation sites excluding steroid dienone is 1. The molecule has 2 fully saturated rings. The largest absolute Gasteiger partial charge is 0.394 e. The van der Waals surface area contributed by atoms with Crippen molar-refractivity contribution in [2.45, 2.75) is 107 Å². The van der Waals surface area contributed by atoms with Gasteiger partial charge in [-0.15, -0.1) is 6.58 Å². The van der Waals surface area contributed by atoms with Crippen LogP contribution in [0.3, 0.4) is 0 Å². The summed E-state index contributed by atoms with van der Waals surface area (Å²) in [5.74, 6) is 0. The minimum Gasteiger partial charge on any atom is -0.394 e. The Labute approximate surface area is 199 Å². The molecule has 0 bridgehead atoms. The van der Waals surface area contributed by atoms with E-state index in [1.165, 1.54) is 0 Å². The molecule has 0 amide bonds. The Hall–Kier alpha value is -1.35. The van der Waals surface area contributed by atoms with Crippen molar-refractivity contribution in [3.63, 3.8) is 0 Å². The first-order valence-electron chi connectivity index (χ1n) is 11.7. The van der Waals surface area contributed by atoms with Crippen molar-refractivity contribution in [2.75, 3.05) is 13.2 Å². The molecule has 5 N–H and O–H groups in total. The number of nitrogens with zero attached hydrogens (tertiary/aromatic N) is 1. The van der Waals surface area contributed by atoms with Gasteiger partial charge in [-0.05, 0) is 19.3 Å². The lowest BCUT2D eigenvalue weighted by atomic mass is 9.96. The maximum Gasteiger partial charge on any atom is 0.187 e. The second-order valence-corrected chi connectivity index (χ2v) is 7.85. The lowest BCUT2D eigenvalue weighted by molar-refractivity contribution is -0.342. The zero-order valence-electron chi connectivity index (χ0n) is 19.7. The number of carbonyl (C=O) groups is 1. The maximum atomic E-state index is 11.5. The number of carbonyl (C=O) groups excluding carboxylic acids is 1. The molecule has 10 unspecified atom stereocenters. The van der Waals surface area contributed by atoms with Crippen LogP contribution in [0.5, 0.6) is 0 Å². The standard InChI is InChI=1S/C20H33NO11.C2H6/c1-2-3-4-5-6-7-8-29-19-17(27)15(25)18(12(10-23)31-19)32-20-16(26)14(24)13(21-28)11(9-22)30-20;1-2/h2,10-20,22,24-27H,1,3-9H2;1-2H3. The number of ether oxygens (including phenoxy) is 4. The van der Waals surface area contributed by atoms with Crippen LogP contribution in [0.25, 0.3) is 0 Å². The van der Waals surface area contributed by atoms with Gasteiger partial charge < -0.3 is 49.3 Å². The zero-order valence-corrected chi connectivity index (χ0v) is 19.7. The summed E-state index contributed by atoms with van der Waals surface area (Å²) in [6.07, 6.45) is -7.04. The first-order valence-corrected chi connectivity index (χ1v) is 11.7. The Bertz CT molecular complexity index is 593. The van der Waals surface area contributed by atoms with Crippen LogP contribution >= 0.6 is 0 Å². The van der Waals surface area contributed by atoms with Gasteiger partial charge in [0.25, 0.3) is 0 Å². The third-order valence-electron chi connectivity index (χ3n) is 5.56. The maximum absolute atomic E-state index is 11.5. The lowest BCUT2D eigenvalue weighted by Crippen LogP contribution is -2.64. The highest BCUT2D eigenvalue weighted by Gasteiger charge is 2.51. The molecular formula is C22H39NO11. The Morgan fingerprint density at radius 2 is 1.59 bits per heavy atom. The molecule has 2 rings (SSSR count). The molecule has 12 heteroatoms. The number of unbranched alkanes of at least 4 members (excludes halogenated alkanes) is 4. The molecule has 2 saturated heterocycles. The number of aliphatic hydroxyl groups excluding tert-OH is 5. The summed E-state index contributed by atoms with van der Waals surface area (Å²) < 4.78 is 21.6. The van der Waals surface area contributed by atoms with Gasteiger partial charge in [0.2, 0.25) is 0 Å². The number of aldehydes is 1. The number of hydrogen-bond acceptors (Lipinski definition) is 12. The molecule has 0 aromatic rings. The first kappa shape index (κ1) is 30.7. The van der Waals surface area contributed by atoms with E-state index in [1.54, 1.807) is 0 Å². The molecule has 0 aromatic heterocycles. The van der Waals surface area contributed by atoms with E-state index >= 15 is 0 Å². The third kappa shape index (κ3) is 8.11. The molecule has 198 valence electrons. The minimum atomic E-state index is -1.77. The average Bonchev–Trinajstić information content (AvgIpc) is 2.86. The van der Waals surface area contributed by atoms with Crippen molar-refractivity contribution < 1.29 is 49.3 Å². The van der Waals surface area contributed by atoms with E-state index in [0.29, 0.717) is 12.7 Å². The van der Waals surface area contributed by atoms with Crippen LogP contribution in [-0.2, 0) is 23.7 Å². The van der Waals surface area contributed by atoms with Gasteiger partial charge in [0.05, 0.1) is 6.61 Å². The van der Waals surface area contributed by atoms with Crippen molar-refractivity contribution in [2.24, 2.45) is 5.18 Å². The number of nitroso groups, excluding NO2 is 1. The second-order valence-electron chi connectivity index (χ2n) is 7.85. The molecule has 10 atom stereocenters. The molecular weight excluding hydrogens is 454 g/mol. The summed E-state index contributed by atoms with van der Waals surface area (Å²) in [7, 11) is 0. The van der Waals surface area contributed by atoms with Gasteiger partial charge in [-0.25, -0.2) is 0 Å². The Kier molecular flexibility index (Phi) is 14.7. The summed E-state index contributed by atoms with van der Waals surface area (Å²) in [5.41, 5.74) is 0. The third-order valence-corrected chi connectivity index (χ3v) is 5.56. The second kappa shape index (κ2) is 16.3. The molecule has 2 aliphatic rings. The molecule has 0 spiro atoms. The molecule has 0 saturated carbocycles. The number of aliphatic hydroxyl groups is 5. The van der Waals surface area contributed by atoms with Gasteiger partial charge in [-0.1, -0.05) is 37.9 Å². The quantitative estimate of drug-likeness (QED) is 0.0988. The average molecular weight is 494 g/mol. The van der Waals surface area contributed by atoms with Crippen LogP contribution in [0.2, 0.25) is 0 Å². The predicted octanol–water partition coefficient (Wildman–Crippen LogP) is -0.229. The topological polar surface area (TPSA) is 185 Å². The van der Waals surface area contributed by atoms with Gasteiger partial charge in [0.1, 0.15) is 48.8 Å². The number of hydrogen-bond donors (Lipinski definition) is 5. The minimum absolute atomic E-state index is 0.245. The molecule has 0 aliphatic carbocycles. The van der Waals surface area contributed by atoms with E-state index in [4.69, 9.17) is 18.9 Å². The Balaban J connectivity index is 0.00000281. The molecule has 12 nitrogen and oxygen atoms in total.